The SMILES string of the molecule is CC(C)c1ccc(NC(=O)[C@H]2CC(=O)N(Cc3cccc(Br)c3)C2)cc1. The third-order valence-corrected chi connectivity index (χ3v) is 5.19. The zero-order chi connectivity index (χ0) is 18.7. The number of nitrogens with one attached hydrogen (secondary N) is 1. The van der Waals surface area contributed by atoms with E-state index in [1.807, 2.05) is 48.5 Å². The van der Waals surface area contributed by atoms with Gasteiger partial charge in [-0.1, -0.05) is 54.0 Å². The Bertz CT molecular complexity index is 802. The maximum atomic E-state index is 12.5. The summed E-state index contributed by atoms with van der Waals surface area (Å²) in [6, 6.07) is 15.8. The lowest BCUT2D eigenvalue weighted by atomic mass is 10.0. The van der Waals surface area contributed by atoms with Gasteiger partial charge in [-0.05, 0) is 41.3 Å². The van der Waals surface area contributed by atoms with E-state index in [4.69, 9.17) is 0 Å². The zero-order valence-electron chi connectivity index (χ0n) is 15.0. The van der Waals surface area contributed by atoms with Gasteiger partial charge in [0.2, 0.25) is 11.8 Å². The van der Waals surface area contributed by atoms with E-state index < -0.39 is 0 Å². The maximum absolute atomic E-state index is 12.5. The second-order valence-corrected chi connectivity index (χ2v) is 7.99. The van der Waals surface area contributed by atoms with Crippen molar-refractivity contribution in [2.45, 2.75) is 32.7 Å². The molecule has 0 radical (unpaired) electrons. The average Bonchev–Trinajstić information content (AvgIpc) is 2.96. The first-order valence-electron chi connectivity index (χ1n) is 8.85. The van der Waals surface area contributed by atoms with Crippen LogP contribution in [-0.2, 0) is 16.1 Å². The normalized spacial score (nSPS) is 17.0. The minimum absolute atomic E-state index is 0.0280. The van der Waals surface area contributed by atoms with Crippen LogP contribution in [0.15, 0.2) is 53.0 Å². The van der Waals surface area contributed by atoms with E-state index >= 15 is 0 Å². The van der Waals surface area contributed by atoms with Gasteiger partial charge in [0, 0.05) is 29.7 Å². The summed E-state index contributed by atoms with van der Waals surface area (Å²) in [6.45, 7) is 5.27. The highest BCUT2D eigenvalue weighted by molar-refractivity contribution is 9.10. The molecular weight excluding hydrogens is 392 g/mol. The summed E-state index contributed by atoms with van der Waals surface area (Å²) in [7, 11) is 0. The van der Waals surface area contributed by atoms with Crippen LogP contribution in [-0.4, -0.2) is 23.3 Å². The fraction of sp³-hybridized carbons (Fsp3) is 0.333. The third-order valence-electron chi connectivity index (χ3n) is 4.69. The fourth-order valence-corrected chi connectivity index (χ4v) is 3.60. The van der Waals surface area contributed by atoms with Gasteiger partial charge in [-0.15, -0.1) is 0 Å². The number of carbonyl (C=O) groups is 2. The number of nitrogens with zero attached hydrogens (tertiary/aromatic N) is 1. The number of anilines is 1. The molecule has 3 rings (SSSR count). The molecule has 5 heteroatoms. The summed E-state index contributed by atoms with van der Waals surface area (Å²) >= 11 is 3.45. The predicted molar refractivity (Wildman–Crippen MR) is 107 cm³/mol. The molecule has 2 aromatic carbocycles. The molecule has 1 fully saturated rings. The Balaban J connectivity index is 1.59. The van der Waals surface area contributed by atoms with Crippen LogP contribution in [0.25, 0.3) is 0 Å². The van der Waals surface area contributed by atoms with Crippen molar-refractivity contribution < 1.29 is 9.59 Å². The lowest BCUT2D eigenvalue weighted by Gasteiger charge is -2.17. The Morgan fingerprint density at radius 3 is 2.62 bits per heavy atom. The van der Waals surface area contributed by atoms with Crippen molar-refractivity contribution in [3.8, 4) is 0 Å². The lowest BCUT2D eigenvalue weighted by Crippen LogP contribution is -2.28. The Kier molecular flexibility index (Phi) is 5.77. The van der Waals surface area contributed by atoms with Crippen LogP contribution in [0.2, 0.25) is 0 Å². The van der Waals surface area contributed by atoms with Gasteiger partial charge in [-0.3, -0.25) is 9.59 Å². The van der Waals surface area contributed by atoms with E-state index in [2.05, 4.69) is 35.1 Å². The number of halogens is 1. The van der Waals surface area contributed by atoms with Crippen molar-refractivity contribution in [1.82, 2.24) is 4.90 Å². The van der Waals surface area contributed by atoms with Gasteiger partial charge in [0.25, 0.3) is 0 Å². The van der Waals surface area contributed by atoms with Crippen LogP contribution in [0.4, 0.5) is 5.69 Å². The molecule has 1 aliphatic rings. The maximum Gasteiger partial charge on any atom is 0.229 e. The summed E-state index contributed by atoms with van der Waals surface area (Å²) in [5, 5.41) is 2.94. The second-order valence-electron chi connectivity index (χ2n) is 7.07. The molecule has 1 aliphatic heterocycles. The van der Waals surface area contributed by atoms with E-state index in [-0.39, 0.29) is 24.2 Å². The molecule has 1 N–H and O–H groups in total. The molecule has 1 saturated heterocycles. The van der Waals surface area contributed by atoms with Gasteiger partial charge < -0.3 is 10.2 Å². The van der Waals surface area contributed by atoms with Crippen LogP contribution in [0, 0.1) is 5.92 Å². The molecule has 26 heavy (non-hydrogen) atoms. The minimum Gasteiger partial charge on any atom is -0.338 e. The molecule has 0 saturated carbocycles. The van der Waals surface area contributed by atoms with Crippen molar-refractivity contribution in [2.24, 2.45) is 5.92 Å². The van der Waals surface area contributed by atoms with Gasteiger partial charge in [-0.2, -0.15) is 0 Å². The summed E-state index contributed by atoms with van der Waals surface area (Å²) in [4.78, 5) is 26.6. The van der Waals surface area contributed by atoms with Gasteiger partial charge >= 0.3 is 0 Å². The Hall–Kier alpha value is -2.14. The first kappa shape index (κ1) is 18.6. The fourth-order valence-electron chi connectivity index (χ4n) is 3.15. The van der Waals surface area contributed by atoms with Crippen LogP contribution in [0.3, 0.4) is 0 Å². The van der Waals surface area contributed by atoms with Gasteiger partial charge in [0.1, 0.15) is 0 Å². The number of rotatable bonds is 5. The molecule has 0 spiro atoms. The van der Waals surface area contributed by atoms with E-state index in [0.717, 1.165) is 15.7 Å². The van der Waals surface area contributed by atoms with Gasteiger partial charge in [0.15, 0.2) is 0 Å². The molecule has 1 heterocycles. The van der Waals surface area contributed by atoms with Crippen molar-refractivity contribution in [3.63, 3.8) is 0 Å². The molecule has 0 unspecified atom stereocenters. The van der Waals surface area contributed by atoms with E-state index in [9.17, 15) is 9.59 Å². The van der Waals surface area contributed by atoms with Crippen molar-refractivity contribution in [2.75, 3.05) is 11.9 Å². The molecule has 2 amide bonds. The van der Waals surface area contributed by atoms with E-state index in [0.29, 0.717) is 19.0 Å². The van der Waals surface area contributed by atoms with Gasteiger partial charge in [0.05, 0.1) is 5.92 Å². The quantitative estimate of drug-likeness (QED) is 0.779. The molecule has 0 bridgehead atoms. The highest BCUT2D eigenvalue weighted by Crippen LogP contribution is 2.23. The van der Waals surface area contributed by atoms with Gasteiger partial charge in [-0.25, -0.2) is 0 Å². The Morgan fingerprint density at radius 1 is 1.23 bits per heavy atom. The van der Waals surface area contributed by atoms with Crippen molar-refractivity contribution in [1.29, 1.82) is 0 Å². The standard InChI is InChI=1S/C21H23BrN2O2/c1-14(2)16-6-8-19(9-7-16)23-21(26)17-11-20(25)24(13-17)12-15-4-3-5-18(22)10-15/h3-10,14,17H,11-13H2,1-2H3,(H,23,26)/t17-/m0/s1. The van der Waals surface area contributed by atoms with Crippen LogP contribution in [0.1, 0.15) is 37.3 Å². The number of likely N-dealkylation sites (tertiary alicyclic amines) is 1. The summed E-state index contributed by atoms with van der Waals surface area (Å²) in [5.74, 6) is 0.0888. The Morgan fingerprint density at radius 2 is 1.96 bits per heavy atom. The Labute approximate surface area is 162 Å². The number of benzene rings is 2. The first-order chi connectivity index (χ1) is 12.4. The number of carbonyl (C=O) groups excluding carboxylic acids is 2. The smallest absolute Gasteiger partial charge is 0.229 e. The van der Waals surface area contributed by atoms with Crippen LogP contribution in [0.5, 0.6) is 0 Å². The van der Waals surface area contributed by atoms with E-state index in [1.54, 1.807) is 4.90 Å². The molecule has 136 valence electrons. The predicted octanol–water partition coefficient (Wildman–Crippen LogP) is 4.56. The topological polar surface area (TPSA) is 49.4 Å². The third kappa shape index (κ3) is 4.52. The molecule has 4 nitrogen and oxygen atoms in total. The monoisotopic (exact) mass is 414 g/mol. The second kappa shape index (κ2) is 8.04. The highest BCUT2D eigenvalue weighted by atomic mass is 79.9. The van der Waals surface area contributed by atoms with Crippen LogP contribution < -0.4 is 5.32 Å². The number of hydrogen-bond acceptors (Lipinski definition) is 2. The lowest BCUT2D eigenvalue weighted by molar-refractivity contribution is -0.128. The molecule has 0 aliphatic carbocycles. The summed E-state index contributed by atoms with van der Waals surface area (Å²) < 4.78 is 0.987. The van der Waals surface area contributed by atoms with Crippen molar-refractivity contribution >= 4 is 33.4 Å². The molecule has 1 atom stereocenters. The highest BCUT2D eigenvalue weighted by Gasteiger charge is 2.34. The summed E-state index contributed by atoms with van der Waals surface area (Å²) in [5.41, 5.74) is 3.06. The first-order valence-corrected chi connectivity index (χ1v) is 9.64. The van der Waals surface area contributed by atoms with Crippen LogP contribution >= 0.6 is 15.9 Å². The largest absolute Gasteiger partial charge is 0.338 e. The van der Waals surface area contributed by atoms with E-state index in [1.165, 1.54) is 5.56 Å². The average molecular weight is 415 g/mol. The molecule has 0 aromatic heterocycles. The number of hydrogen-bond donors (Lipinski definition) is 1. The number of amides is 2. The molecular formula is C21H23BrN2O2. The molecule has 2 aromatic rings. The summed E-state index contributed by atoms with van der Waals surface area (Å²) in [6.07, 6.45) is 0.268. The zero-order valence-corrected chi connectivity index (χ0v) is 16.6. The van der Waals surface area contributed by atoms with Crippen molar-refractivity contribution in [3.05, 3.63) is 64.1 Å². The minimum atomic E-state index is -0.306.